The first kappa shape index (κ1) is 22.6. The van der Waals surface area contributed by atoms with E-state index in [0.29, 0.717) is 5.57 Å². The highest BCUT2D eigenvalue weighted by atomic mass is 35.5. The lowest BCUT2D eigenvalue weighted by Crippen LogP contribution is -2.32. The zero-order chi connectivity index (χ0) is 19.4. The van der Waals surface area contributed by atoms with Crippen LogP contribution in [-0.4, -0.2) is 58.0 Å². The first-order valence-electron chi connectivity index (χ1n) is 9.11. The third-order valence-electron chi connectivity index (χ3n) is 4.52. The fourth-order valence-electron chi connectivity index (χ4n) is 3.31. The summed E-state index contributed by atoms with van der Waals surface area (Å²) in [6.45, 7) is 20.7. The summed E-state index contributed by atoms with van der Waals surface area (Å²) in [5.74, 6) is 2.07. The molecular formula is C20H34ClN2OP. The molecule has 142 valence electrons. The molecule has 1 unspecified atom stereocenters. The second kappa shape index (κ2) is 8.96. The number of hydrogen-bond donors (Lipinski definition) is 0. The minimum atomic E-state index is -0.424. The number of alkyl halides is 1. The smallest absolute Gasteiger partial charge is 0.131 e. The molecule has 0 aromatic heterocycles. The molecule has 1 aliphatic heterocycles. The van der Waals surface area contributed by atoms with Gasteiger partial charge in [0.25, 0.3) is 0 Å². The Hall–Kier alpha value is -0.460. The molecule has 0 aliphatic carbocycles. The summed E-state index contributed by atoms with van der Waals surface area (Å²) in [5, 5.41) is -0.0783. The van der Waals surface area contributed by atoms with Crippen LogP contribution in [0.25, 0.3) is 0 Å². The fraction of sp³-hybridized carbons (Fsp3) is 0.750. The van der Waals surface area contributed by atoms with E-state index >= 15 is 0 Å². The quantitative estimate of drug-likeness (QED) is 0.362. The lowest BCUT2D eigenvalue weighted by molar-refractivity contribution is 0.328. The average Bonchev–Trinajstić information content (AvgIpc) is 2.47. The molecular weight excluding hydrogens is 351 g/mol. The van der Waals surface area contributed by atoms with Crippen molar-refractivity contribution >= 4 is 31.2 Å². The Morgan fingerprint density at radius 2 is 1.68 bits per heavy atom. The van der Waals surface area contributed by atoms with Crippen molar-refractivity contribution < 1.29 is 4.79 Å². The zero-order valence-corrected chi connectivity index (χ0v) is 18.8. The molecule has 0 radical (unpaired) electrons. The summed E-state index contributed by atoms with van der Waals surface area (Å²) in [6.07, 6.45) is 2.71. The third-order valence-corrected chi connectivity index (χ3v) is 8.72. The van der Waals surface area contributed by atoms with E-state index in [9.17, 15) is 4.79 Å². The van der Waals surface area contributed by atoms with Crippen molar-refractivity contribution in [3.63, 3.8) is 0 Å². The SMILES string of the molecule is CCN(CC)CC1=CC(Cl)C(=C=O)C(CP(C(C)(C)C)C(C)(C)C)=N1. The van der Waals surface area contributed by atoms with Gasteiger partial charge in [0.1, 0.15) is 5.94 Å². The highest BCUT2D eigenvalue weighted by molar-refractivity contribution is 7.61. The minimum absolute atomic E-state index is 0.173. The van der Waals surface area contributed by atoms with Gasteiger partial charge in [-0.15, -0.1) is 11.6 Å². The van der Waals surface area contributed by atoms with Gasteiger partial charge >= 0.3 is 0 Å². The summed E-state index contributed by atoms with van der Waals surface area (Å²) < 4.78 is 0. The van der Waals surface area contributed by atoms with Crippen LogP contribution in [-0.2, 0) is 4.79 Å². The Labute approximate surface area is 160 Å². The number of hydrogen-bond acceptors (Lipinski definition) is 3. The fourth-order valence-corrected chi connectivity index (χ4v) is 7.13. The molecule has 0 spiro atoms. The summed E-state index contributed by atoms with van der Waals surface area (Å²) in [6, 6.07) is 0. The Morgan fingerprint density at radius 1 is 1.16 bits per heavy atom. The zero-order valence-electron chi connectivity index (χ0n) is 17.1. The second-order valence-electron chi connectivity index (χ2n) is 8.52. The van der Waals surface area contributed by atoms with E-state index in [4.69, 9.17) is 16.6 Å². The standard InChI is InChI=1S/C20H34ClN2OP/c1-9-23(10-2)12-15-11-17(21)16(13-24)18(22-15)14-25(19(3,4)5)20(6,7)8/h11,17H,9-10,12,14H2,1-8H3. The van der Waals surface area contributed by atoms with Crippen LogP contribution in [0, 0.1) is 0 Å². The Morgan fingerprint density at radius 3 is 2.08 bits per heavy atom. The molecule has 0 bridgehead atoms. The Bertz CT molecular complexity index is 559. The molecule has 1 atom stereocenters. The van der Waals surface area contributed by atoms with Crippen LogP contribution in [0.2, 0.25) is 0 Å². The molecule has 25 heavy (non-hydrogen) atoms. The summed E-state index contributed by atoms with van der Waals surface area (Å²) in [5.41, 5.74) is 2.33. The van der Waals surface area contributed by atoms with Crippen LogP contribution < -0.4 is 0 Å². The molecule has 1 rings (SSSR count). The second-order valence-corrected chi connectivity index (χ2v) is 12.8. The van der Waals surface area contributed by atoms with E-state index in [0.717, 1.165) is 37.2 Å². The van der Waals surface area contributed by atoms with E-state index in [1.165, 1.54) is 0 Å². The van der Waals surface area contributed by atoms with Crippen LogP contribution in [0.4, 0.5) is 0 Å². The third kappa shape index (κ3) is 6.33. The highest BCUT2D eigenvalue weighted by Crippen LogP contribution is 2.59. The van der Waals surface area contributed by atoms with Crippen molar-refractivity contribution in [2.75, 3.05) is 25.8 Å². The van der Waals surface area contributed by atoms with E-state index in [2.05, 4.69) is 66.2 Å². The van der Waals surface area contributed by atoms with Crippen molar-refractivity contribution in [1.29, 1.82) is 0 Å². The number of halogens is 1. The van der Waals surface area contributed by atoms with Crippen LogP contribution >= 0.6 is 19.5 Å². The van der Waals surface area contributed by atoms with E-state index < -0.39 is 13.3 Å². The molecule has 5 heteroatoms. The Kier molecular flexibility index (Phi) is 8.09. The summed E-state index contributed by atoms with van der Waals surface area (Å²) in [4.78, 5) is 18.7. The number of carbonyl (C=O) groups excluding carboxylic acids is 1. The van der Waals surface area contributed by atoms with Gasteiger partial charge in [-0.3, -0.25) is 9.89 Å². The van der Waals surface area contributed by atoms with Crippen molar-refractivity contribution in [2.24, 2.45) is 4.99 Å². The van der Waals surface area contributed by atoms with E-state index in [1.54, 1.807) is 0 Å². The van der Waals surface area contributed by atoms with Gasteiger partial charge in [-0.2, -0.15) is 0 Å². The van der Waals surface area contributed by atoms with Crippen molar-refractivity contribution in [3.8, 4) is 0 Å². The van der Waals surface area contributed by atoms with Crippen LogP contribution in [0.1, 0.15) is 55.4 Å². The molecule has 1 aliphatic rings. The molecule has 0 amide bonds. The van der Waals surface area contributed by atoms with Gasteiger partial charge in [-0.1, -0.05) is 63.3 Å². The van der Waals surface area contributed by atoms with Crippen molar-refractivity contribution in [1.82, 2.24) is 4.90 Å². The van der Waals surface area contributed by atoms with Gasteiger partial charge < -0.3 is 0 Å². The predicted octanol–water partition coefficient (Wildman–Crippen LogP) is 5.11. The van der Waals surface area contributed by atoms with E-state index in [-0.39, 0.29) is 10.3 Å². The summed E-state index contributed by atoms with van der Waals surface area (Å²) in [7, 11) is -0.394. The van der Waals surface area contributed by atoms with Gasteiger partial charge in [0.15, 0.2) is 0 Å². The number of aliphatic imine (C=N–C) groups is 1. The number of nitrogens with zero attached hydrogens (tertiary/aromatic N) is 2. The maximum Gasteiger partial charge on any atom is 0.131 e. The normalized spacial score (nSPS) is 19.2. The lowest BCUT2D eigenvalue weighted by Gasteiger charge is -2.42. The molecule has 3 nitrogen and oxygen atoms in total. The number of rotatable bonds is 6. The highest BCUT2D eigenvalue weighted by Gasteiger charge is 2.37. The van der Waals surface area contributed by atoms with Crippen LogP contribution in [0.3, 0.4) is 0 Å². The maximum atomic E-state index is 11.5. The average molecular weight is 385 g/mol. The van der Waals surface area contributed by atoms with Gasteiger partial charge in [0.05, 0.1) is 22.4 Å². The van der Waals surface area contributed by atoms with Gasteiger partial charge in [0.2, 0.25) is 0 Å². The molecule has 0 saturated heterocycles. The van der Waals surface area contributed by atoms with Gasteiger partial charge in [-0.05, 0) is 29.5 Å². The monoisotopic (exact) mass is 384 g/mol. The summed E-state index contributed by atoms with van der Waals surface area (Å²) >= 11 is 6.49. The molecule has 0 N–H and O–H groups in total. The first-order valence-corrected chi connectivity index (χ1v) is 11.1. The molecule has 0 aromatic rings. The molecule has 0 aromatic carbocycles. The topological polar surface area (TPSA) is 32.7 Å². The van der Waals surface area contributed by atoms with Crippen LogP contribution in [0.15, 0.2) is 22.3 Å². The maximum absolute atomic E-state index is 11.5. The predicted molar refractivity (Wildman–Crippen MR) is 113 cm³/mol. The number of allylic oxidation sites excluding steroid dienone is 2. The molecule has 1 heterocycles. The lowest BCUT2D eigenvalue weighted by atomic mass is 10.1. The van der Waals surface area contributed by atoms with Crippen LogP contribution in [0.5, 0.6) is 0 Å². The molecule has 0 fully saturated rings. The largest absolute Gasteiger partial charge is 0.298 e. The number of likely N-dealkylation sites (N-methyl/N-ethyl adjacent to an activating group) is 1. The molecule has 0 saturated carbocycles. The Balaban J connectivity index is 3.21. The van der Waals surface area contributed by atoms with Crippen molar-refractivity contribution in [2.45, 2.75) is 71.1 Å². The van der Waals surface area contributed by atoms with Gasteiger partial charge in [0, 0.05) is 12.7 Å². The van der Waals surface area contributed by atoms with Gasteiger partial charge in [-0.25, -0.2) is 4.79 Å². The minimum Gasteiger partial charge on any atom is -0.298 e. The van der Waals surface area contributed by atoms with Crippen molar-refractivity contribution in [3.05, 3.63) is 17.3 Å². The van der Waals surface area contributed by atoms with E-state index in [1.807, 2.05) is 6.08 Å². The first-order chi connectivity index (χ1) is 11.4.